The molecule has 4 rings (SSSR count). The van der Waals surface area contributed by atoms with Gasteiger partial charge in [0, 0.05) is 23.1 Å². The van der Waals surface area contributed by atoms with Crippen LogP contribution in [0.25, 0.3) is 10.9 Å². The summed E-state index contributed by atoms with van der Waals surface area (Å²) in [7, 11) is 0. The molecule has 6 nitrogen and oxygen atoms in total. The minimum Gasteiger partial charge on any atom is -0.462 e. The van der Waals surface area contributed by atoms with Gasteiger partial charge < -0.3 is 19.8 Å². The monoisotopic (exact) mass is 327 g/mol. The Bertz CT molecular complexity index is 796. The van der Waals surface area contributed by atoms with Gasteiger partial charge in [-0.2, -0.15) is 0 Å². The minimum absolute atomic E-state index is 0.0253. The number of para-hydroxylation sites is 1. The van der Waals surface area contributed by atoms with Crippen LogP contribution < -0.4 is 10.6 Å². The number of rotatable bonds is 4. The molecule has 1 amide bonds. The maximum absolute atomic E-state index is 12.5. The topological polar surface area (TPSA) is 75.4 Å². The number of nitrogens with one attached hydrogen (secondary N) is 3. The highest BCUT2D eigenvalue weighted by Crippen LogP contribution is 2.36. The Hall–Kier alpha value is -2.47. The highest BCUT2D eigenvalue weighted by Gasteiger charge is 2.36. The number of fused-ring (bicyclic) bond motifs is 3. The van der Waals surface area contributed by atoms with Crippen molar-refractivity contribution < 1.29 is 14.3 Å². The molecule has 126 valence electrons. The van der Waals surface area contributed by atoms with Crippen LogP contribution in [0.3, 0.4) is 0 Å². The van der Waals surface area contributed by atoms with Crippen LogP contribution in [0.1, 0.15) is 30.6 Å². The summed E-state index contributed by atoms with van der Waals surface area (Å²) < 4.78 is 10.8. The molecule has 1 aromatic heterocycles. The second-order valence-electron chi connectivity index (χ2n) is 6.16. The lowest BCUT2D eigenvalue weighted by Gasteiger charge is -2.30. The molecule has 0 radical (unpaired) electrons. The number of carbonyl (C=O) groups excluding carboxylic acids is 1. The summed E-state index contributed by atoms with van der Waals surface area (Å²) in [6, 6.07) is 7.67. The van der Waals surface area contributed by atoms with E-state index in [0.717, 1.165) is 23.0 Å². The molecule has 6 heteroatoms. The fourth-order valence-corrected chi connectivity index (χ4v) is 3.40. The Morgan fingerprint density at radius 3 is 3.04 bits per heavy atom. The number of hydrogen-bond acceptors (Lipinski definition) is 4. The standard InChI is InChI=1S/C18H21N3O3/c1-2-7-19-18(22)14-8-12-11-5-3-4-6-13(11)20-16(12)17(21-14)15-9-23-10-24-15/h3-6,9,14,17,20-21H,2,7-8,10H2,1H3,(H,19,22). The van der Waals surface area contributed by atoms with Crippen molar-refractivity contribution in [1.82, 2.24) is 15.6 Å². The molecule has 0 fully saturated rings. The van der Waals surface area contributed by atoms with Crippen LogP contribution in [0.5, 0.6) is 0 Å². The highest BCUT2D eigenvalue weighted by molar-refractivity contribution is 5.88. The van der Waals surface area contributed by atoms with E-state index in [1.54, 1.807) is 6.26 Å². The van der Waals surface area contributed by atoms with Crippen LogP contribution in [0.15, 0.2) is 36.3 Å². The van der Waals surface area contributed by atoms with Crippen LogP contribution in [0.2, 0.25) is 0 Å². The van der Waals surface area contributed by atoms with E-state index in [4.69, 9.17) is 9.47 Å². The first-order valence-electron chi connectivity index (χ1n) is 8.35. The summed E-state index contributed by atoms with van der Waals surface area (Å²) in [4.78, 5) is 16.0. The molecule has 0 bridgehead atoms. The van der Waals surface area contributed by atoms with Crippen LogP contribution in [-0.4, -0.2) is 30.3 Å². The molecular weight excluding hydrogens is 306 g/mol. The molecule has 3 N–H and O–H groups in total. The number of hydrogen-bond donors (Lipinski definition) is 3. The summed E-state index contributed by atoms with van der Waals surface area (Å²) in [5.74, 6) is 0.730. The second-order valence-corrected chi connectivity index (χ2v) is 6.16. The van der Waals surface area contributed by atoms with Gasteiger partial charge in [-0.05, 0) is 24.5 Å². The summed E-state index contributed by atoms with van der Waals surface area (Å²) in [5.41, 5.74) is 3.29. The summed E-state index contributed by atoms with van der Waals surface area (Å²) in [6.45, 7) is 2.95. The van der Waals surface area contributed by atoms with Gasteiger partial charge in [-0.3, -0.25) is 10.1 Å². The van der Waals surface area contributed by atoms with Crippen molar-refractivity contribution in [1.29, 1.82) is 0 Å². The fourth-order valence-electron chi connectivity index (χ4n) is 3.40. The van der Waals surface area contributed by atoms with E-state index >= 15 is 0 Å². The molecule has 2 atom stereocenters. The quantitative estimate of drug-likeness (QED) is 0.804. The molecule has 2 aliphatic heterocycles. The zero-order chi connectivity index (χ0) is 16.5. The molecule has 2 aromatic rings. The van der Waals surface area contributed by atoms with E-state index < -0.39 is 0 Å². The van der Waals surface area contributed by atoms with Gasteiger partial charge in [-0.25, -0.2) is 0 Å². The van der Waals surface area contributed by atoms with Gasteiger partial charge in [0.15, 0.2) is 5.76 Å². The third-order valence-electron chi connectivity index (χ3n) is 4.55. The summed E-state index contributed by atoms with van der Waals surface area (Å²) >= 11 is 0. The van der Waals surface area contributed by atoms with Gasteiger partial charge in [-0.15, -0.1) is 0 Å². The highest BCUT2D eigenvalue weighted by atomic mass is 16.7. The summed E-state index contributed by atoms with van der Waals surface area (Å²) in [5, 5.41) is 7.54. The molecule has 2 aliphatic rings. The van der Waals surface area contributed by atoms with Gasteiger partial charge in [-0.1, -0.05) is 25.1 Å². The normalized spacial score (nSPS) is 22.5. The molecule has 3 heterocycles. The van der Waals surface area contributed by atoms with E-state index in [1.165, 1.54) is 5.56 Å². The predicted molar refractivity (Wildman–Crippen MR) is 90.1 cm³/mol. The Balaban J connectivity index is 1.73. The van der Waals surface area contributed by atoms with E-state index in [2.05, 4.69) is 27.8 Å². The van der Waals surface area contributed by atoms with Crippen LogP contribution in [0, 0.1) is 0 Å². The Kier molecular flexibility index (Phi) is 3.90. The van der Waals surface area contributed by atoms with Crippen molar-refractivity contribution >= 4 is 16.8 Å². The molecule has 1 aromatic carbocycles. The SMILES string of the molecule is CCCNC(=O)C1Cc2c([nH]c3ccccc23)C(C2=COCO2)N1. The largest absolute Gasteiger partial charge is 0.462 e. The van der Waals surface area contributed by atoms with Gasteiger partial charge in [0.2, 0.25) is 12.7 Å². The van der Waals surface area contributed by atoms with Crippen LogP contribution >= 0.6 is 0 Å². The Morgan fingerprint density at radius 1 is 1.38 bits per heavy atom. The number of H-pyrrole nitrogens is 1. The first kappa shape index (κ1) is 15.1. The fraction of sp³-hybridized carbons (Fsp3) is 0.389. The van der Waals surface area contributed by atoms with Crippen molar-refractivity contribution in [3.05, 3.63) is 47.5 Å². The molecule has 24 heavy (non-hydrogen) atoms. The maximum Gasteiger partial charge on any atom is 0.237 e. The number of ether oxygens (including phenoxy) is 2. The molecule has 0 saturated heterocycles. The van der Waals surface area contributed by atoms with Crippen molar-refractivity contribution in [3.8, 4) is 0 Å². The third kappa shape index (κ3) is 2.53. The maximum atomic E-state index is 12.5. The average molecular weight is 327 g/mol. The number of benzene rings is 1. The third-order valence-corrected chi connectivity index (χ3v) is 4.55. The lowest BCUT2D eigenvalue weighted by atomic mass is 9.92. The average Bonchev–Trinajstić information content (AvgIpc) is 3.26. The molecule has 0 aliphatic carbocycles. The predicted octanol–water partition coefficient (Wildman–Crippen LogP) is 2.10. The smallest absolute Gasteiger partial charge is 0.237 e. The number of aromatic nitrogens is 1. The lowest BCUT2D eigenvalue weighted by molar-refractivity contribution is -0.123. The first-order valence-corrected chi connectivity index (χ1v) is 8.35. The van der Waals surface area contributed by atoms with Gasteiger partial charge >= 0.3 is 0 Å². The van der Waals surface area contributed by atoms with Gasteiger partial charge in [0.05, 0.1) is 6.04 Å². The van der Waals surface area contributed by atoms with Crippen molar-refractivity contribution in [2.24, 2.45) is 0 Å². The lowest BCUT2D eigenvalue weighted by Crippen LogP contribution is -2.50. The first-order chi connectivity index (χ1) is 11.8. The van der Waals surface area contributed by atoms with Gasteiger partial charge in [0.25, 0.3) is 0 Å². The van der Waals surface area contributed by atoms with E-state index in [1.807, 2.05) is 19.1 Å². The van der Waals surface area contributed by atoms with Gasteiger partial charge in [0.1, 0.15) is 12.3 Å². The Morgan fingerprint density at radius 2 is 2.25 bits per heavy atom. The molecular formula is C18H21N3O3. The zero-order valence-electron chi connectivity index (χ0n) is 13.6. The molecule has 2 unspecified atom stereocenters. The minimum atomic E-state index is -0.293. The number of aromatic amines is 1. The van der Waals surface area contributed by atoms with Crippen molar-refractivity contribution in [3.63, 3.8) is 0 Å². The van der Waals surface area contributed by atoms with Crippen LogP contribution in [-0.2, 0) is 20.7 Å². The van der Waals surface area contributed by atoms with E-state index in [9.17, 15) is 4.79 Å². The van der Waals surface area contributed by atoms with Crippen LogP contribution in [0.4, 0.5) is 0 Å². The molecule has 0 spiro atoms. The Labute approximate surface area is 140 Å². The number of amides is 1. The van der Waals surface area contributed by atoms with E-state index in [0.29, 0.717) is 18.7 Å². The number of carbonyl (C=O) groups is 1. The second kappa shape index (κ2) is 6.20. The van der Waals surface area contributed by atoms with Crippen molar-refractivity contribution in [2.75, 3.05) is 13.3 Å². The van der Waals surface area contributed by atoms with E-state index in [-0.39, 0.29) is 24.8 Å². The summed E-state index contributed by atoms with van der Waals surface area (Å²) in [6.07, 6.45) is 3.20. The zero-order valence-corrected chi connectivity index (χ0v) is 13.6. The van der Waals surface area contributed by atoms with Crippen molar-refractivity contribution in [2.45, 2.75) is 31.8 Å². The molecule has 0 saturated carbocycles.